The summed E-state index contributed by atoms with van der Waals surface area (Å²) in [5.74, 6) is 0.983. The Morgan fingerprint density at radius 3 is 2.67 bits per heavy atom. The van der Waals surface area contributed by atoms with Crippen LogP contribution in [0.3, 0.4) is 0 Å². The van der Waals surface area contributed by atoms with Crippen LogP contribution in [0.4, 0.5) is 0 Å². The number of methoxy groups -OCH3 is 1. The van der Waals surface area contributed by atoms with E-state index in [0.717, 1.165) is 23.4 Å². The number of nitrogens with zero attached hydrogens (tertiary/aromatic N) is 1. The molecule has 2 aromatic rings. The standard InChI is InChI=1S/C18H19NO2/c1-13-17-10-15(21-2)8-9-16(17)18(20)12-19(13)11-14-6-4-3-5-7-14/h3-10,13H,11-12H2,1-2H3. The summed E-state index contributed by atoms with van der Waals surface area (Å²) in [4.78, 5) is 14.6. The number of carbonyl (C=O) groups excluding carboxylic acids is 1. The number of benzene rings is 2. The Balaban J connectivity index is 1.90. The van der Waals surface area contributed by atoms with Crippen molar-refractivity contribution in [1.29, 1.82) is 0 Å². The van der Waals surface area contributed by atoms with Crippen LogP contribution < -0.4 is 4.74 Å². The average molecular weight is 281 g/mol. The topological polar surface area (TPSA) is 29.5 Å². The van der Waals surface area contributed by atoms with Gasteiger partial charge in [0.15, 0.2) is 5.78 Å². The summed E-state index contributed by atoms with van der Waals surface area (Å²) in [6.45, 7) is 3.40. The van der Waals surface area contributed by atoms with Crippen molar-refractivity contribution in [1.82, 2.24) is 4.90 Å². The molecule has 0 bridgehead atoms. The van der Waals surface area contributed by atoms with Crippen molar-refractivity contribution in [2.24, 2.45) is 0 Å². The van der Waals surface area contributed by atoms with Crippen LogP contribution >= 0.6 is 0 Å². The number of Topliss-reactive ketones (excluding diaryl/α,β-unsaturated/α-hetero) is 1. The first-order chi connectivity index (χ1) is 10.2. The molecule has 0 spiro atoms. The molecule has 0 saturated heterocycles. The third-order valence-electron chi connectivity index (χ3n) is 4.13. The second-order valence-electron chi connectivity index (χ2n) is 5.44. The van der Waals surface area contributed by atoms with Crippen molar-refractivity contribution in [3.05, 3.63) is 65.2 Å². The van der Waals surface area contributed by atoms with Gasteiger partial charge in [-0.2, -0.15) is 0 Å². The summed E-state index contributed by atoms with van der Waals surface area (Å²) in [7, 11) is 1.65. The Morgan fingerprint density at radius 2 is 1.95 bits per heavy atom. The number of fused-ring (bicyclic) bond motifs is 1. The summed E-state index contributed by atoms with van der Waals surface area (Å²) < 4.78 is 5.29. The fraction of sp³-hybridized carbons (Fsp3) is 0.278. The zero-order chi connectivity index (χ0) is 14.8. The summed E-state index contributed by atoms with van der Waals surface area (Å²) in [6, 6.07) is 16.2. The first kappa shape index (κ1) is 13.8. The summed E-state index contributed by atoms with van der Waals surface area (Å²) in [5, 5.41) is 0. The van der Waals surface area contributed by atoms with Gasteiger partial charge < -0.3 is 4.74 Å². The molecule has 0 aromatic heterocycles. The average Bonchev–Trinajstić information content (AvgIpc) is 2.53. The summed E-state index contributed by atoms with van der Waals surface area (Å²) in [6.07, 6.45) is 0. The highest BCUT2D eigenvalue weighted by atomic mass is 16.5. The highest BCUT2D eigenvalue weighted by molar-refractivity contribution is 6.00. The number of rotatable bonds is 3. The van der Waals surface area contributed by atoms with Gasteiger partial charge in [0.2, 0.25) is 0 Å². The van der Waals surface area contributed by atoms with E-state index in [2.05, 4.69) is 24.0 Å². The second kappa shape index (κ2) is 5.70. The van der Waals surface area contributed by atoms with Crippen molar-refractivity contribution in [2.75, 3.05) is 13.7 Å². The van der Waals surface area contributed by atoms with Crippen LogP contribution in [0, 0.1) is 0 Å². The van der Waals surface area contributed by atoms with E-state index in [0.29, 0.717) is 6.54 Å². The molecule has 0 fully saturated rings. The number of hydrogen-bond acceptors (Lipinski definition) is 3. The van der Waals surface area contributed by atoms with Gasteiger partial charge in [0, 0.05) is 18.2 Å². The van der Waals surface area contributed by atoms with Crippen LogP contribution in [0.15, 0.2) is 48.5 Å². The lowest BCUT2D eigenvalue weighted by molar-refractivity contribution is 0.0851. The van der Waals surface area contributed by atoms with Crippen molar-refractivity contribution in [2.45, 2.75) is 19.5 Å². The molecular weight excluding hydrogens is 262 g/mol. The third kappa shape index (κ3) is 2.69. The molecule has 0 aliphatic carbocycles. The first-order valence-corrected chi connectivity index (χ1v) is 7.18. The van der Waals surface area contributed by atoms with Gasteiger partial charge >= 0.3 is 0 Å². The van der Waals surface area contributed by atoms with Crippen molar-refractivity contribution < 1.29 is 9.53 Å². The molecule has 108 valence electrons. The molecule has 1 atom stereocenters. The van der Waals surface area contributed by atoms with E-state index in [1.54, 1.807) is 7.11 Å². The Morgan fingerprint density at radius 1 is 1.19 bits per heavy atom. The minimum absolute atomic E-state index is 0.182. The molecule has 1 unspecified atom stereocenters. The Labute approximate surface area is 125 Å². The molecule has 0 saturated carbocycles. The number of hydrogen-bond donors (Lipinski definition) is 0. The molecule has 1 aliphatic rings. The highest BCUT2D eigenvalue weighted by Gasteiger charge is 2.29. The Kier molecular flexibility index (Phi) is 3.76. The van der Waals surface area contributed by atoms with E-state index < -0.39 is 0 Å². The minimum Gasteiger partial charge on any atom is -0.497 e. The van der Waals surface area contributed by atoms with Gasteiger partial charge in [-0.15, -0.1) is 0 Å². The van der Waals surface area contributed by atoms with E-state index >= 15 is 0 Å². The van der Waals surface area contributed by atoms with Gasteiger partial charge in [0.05, 0.1) is 13.7 Å². The number of ether oxygens (including phenoxy) is 1. The first-order valence-electron chi connectivity index (χ1n) is 7.18. The van der Waals surface area contributed by atoms with E-state index in [9.17, 15) is 4.79 Å². The normalized spacial score (nSPS) is 18.4. The summed E-state index contributed by atoms with van der Waals surface area (Å²) >= 11 is 0. The molecule has 21 heavy (non-hydrogen) atoms. The lowest BCUT2D eigenvalue weighted by Crippen LogP contribution is -2.37. The van der Waals surface area contributed by atoms with Crippen LogP contribution in [0.5, 0.6) is 5.75 Å². The van der Waals surface area contributed by atoms with E-state index in [1.807, 2.05) is 36.4 Å². The molecule has 2 aromatic carbocycles. The fourth-order valence-electron chi connectivity index (χ4n) is 2.88. The van der Waals surface area contributed by atoms with Crippen LogP contribution in [0.25, 0.3) is 0 Å². The van der Waals surface area contributed by atoms with Gasteiger partial charge in [-0.05, 0) is 36.2 Å². The largest absolute Gasteiger partial charge is 0.497 e. The maximum Gasteiger partial charge on any atom is 0.177 e. The number of ketones is 1. The predicted octanol–water partition coefficient (Wildman–Crippen LogP) is 3.45. The van der Waals surface area contributed by atoms with Crippen molar-refractivity contribution >= 4 is 5.78 Å². The zero-order valence-electron chi connectivity index (χ0n) is 12.4. The monoisotopic (exact) mass is 281 g/mol. The second-order valence-corrected chi connectivity index (χ2v) is 5.44. The van der Waals surface area contributed by atoms with Crippen molar-refractivity contribution in [3.63, 3.8) is 0 Å². The Hall–Kier alpha value is -2.13. The van der Waals surface area contributed by atoms with Gasteiger partial charge in [-0.25, -0.2) is 0 Å². The molecule has 0 N–H and O–H groups in total. The maximum atomic E-state index is 12.3. The van der Waals surface area contributed by atoms with Crippen LogP contribution in [-0.4, -0.2) is 24.3 Å². The van der Waals surface area contributed by atoms with Gasteiger partial charge in [0.25, 0.3) is 0 Å². The molecule has 0 amide bonds. The molecule has 1 heterocycles. The van der Waals surface area contributed by atoms with E-state index in [1.165, 1.54) is 5.56 Å². The maximum absolute atomic E-state index is 12.3. The molecular formula is C18H19NO2. The Bertz CT molecular complexity index is 652. The van der Waals surface area contributed by atoms with E-state index in [4.69, 9.17) is 4.74 Å². The molecule has 3 rings (SSSR count). The summed E-state index contributed by atoms with van der Waals surface area (Å²) in [5.41, 5.74) is 3.11. The lowest BCUT2D eigenvalue weighted by atomic mass is 9.92. The molecule has 1 aliphatic heterocycles. The molecule has 0 radical (unpaired) electrons. The quantitative estimate of drug-likeness (QED) is 0.863. The van der Waals surface area contributed by atoms with Gasteiger partial charge in [0.1, 0.15) is 5.75 Å². The van der Waals surface area contributed by atoms with Gasteiger partial charge in [-0.3, -0.25) is 9.69 Å². The lowest BCUT2D eigenvalue weighted by Gasteiger charge is -2.34. The predicted molar refractivity (Wildman–Crippen MR) is 82.6 cm³/mol. The SMILES string of the molecule is COc1ccc2c(c1)C(C)N(Cc1ccccc1)CC2=O. The number of carbonyl (C=O) groups is 1. The highest BCUT2D eigenvalue weighted by Crippen LogP contribution is 2.32. The molecule has 3 heteroatoms. The van der Waals surface area contributed by atoms with Crippen LogP contribution in [0.1, 0.15) is 34.5 Å². The van der Waals surface area contributed by atoms with Gasteiger partial charge in [-0.1, -0.05) is 30.3 Å². The van der Waals surface area contributed by atoms with Crippen LogP contribution in [0.2, 0.25) is 0 Å². The van der Waals surface area contributed by atoms with Crippen LogP contribution in [-0.2, 0) is 6.54 Å². The zero-order valence-corrected chi connectivity index (χ0v) is 12.4. The third-order valence-corrected chi connectivity index (χ3v) is 4.13. The minimum atomic E-state index is 0.182. The smallest absolute Gasteiger partial charge is 0.177 e. The fourth-order valence-corrected chi connectivity index (χ4v) is 2.88. The van der Waals surface area contributed by atoms with Crippen molar-refractivity contribution in [3.8, 4) is 5.75 Å². The van der Waals surface area contributed by atoms with E-state index in [-0.39, 0.29) is 11.8 Å². The molecule has 3 nitrogen and oxygen atoms in total.